The molecule has 0 aliphatic rings. The topological polar surface area (TPSA) is 33.1 Å². The van der Waals surface area contributed by atoms with Gasteiger partial charge in [0, 0.05) is 11.1 Å². The molecule has 0 aliphatic carbocycles. The van der Waals surface area contributed by atoms with Gasteiger partial charge in [-0.1, -0.05) is 35.5 Å². The van der Waals surface area contributed by atoms with Gasteiger partial charge >= 0.3 is 0 Å². The quantitative estimate of drug-likeness (QED) is 0.881. The summed E-state index contributed by atoms with van der Waals surface area (Å²) in [4.78, 5) is 5.32. The van der Waals surface area contributed by atoms with Crippen molar-refractivity contribution >= 4 is 11.8 Å². The van der Waals surface area contributed by atoms with E-state index in [0.29, 0.717) is 0 Å². The van der Waals surface area contributed by atoms with Crippen LogP contribution in [0.3, 0.4) is 0 Å². The fraction of sp³-hybridized carbons (Fsp3) is 0.154. The number of aromatic nitrogens is 1. The molecule has 0 unspecified atom stereocenters. The average Bonchev–Trinajstić information content (AvgIpc) is 2.33. The van der Waals surface area contributed by atoms with Crippen molar-refractivity contribution in [3.05, 3.63) is 53.7 Å². The number of nitrogens with zero attached hydrogens (tertiary/aromatic N) is 1. The van der Waals surface area contributed by atoms with Gasteiger partial charge in [0.15, 0.2) is 0 Å². The smallest absolute Gasteiger partial charge is 0.101 e. The fourth-order valence-corrected chi connectivity index (χ4v) is 2.33. The zero-order valence-electron chi connectivity index (χ0n) is 9.05. The Kier molecular flexibility index (Phi) is 3.59. The third-order valence-electron chi connectivity index (χ3n) is 2.24. The summed E-state index contributed by atoms with van der Waals surface area (Å²) >= 11 is 1.58. The summed E-state index contributed by atoms with van der Waals surface area (Å²) in [5, 5.41) is 10.2. The first-order valence-corrected chi connectivity index (χ1v) is 5.90. The molecular weight excluding hydrogens is 218 g/mol. The molecule has 1 heterocycles. The summed E-state index contributed by atoms with van der Waals surface area (Å²) in [7, 11) is 0. The van der Waals surface area contributed by atoms with Gasteiger partial charge in [-0.2, -0.15) is 0 Å². The molecule has 3 heteroatoms. The summed E-state index contributed by atoms with van der Waals surface area (Å²) in [6.45, 7) is 2.09. The predicted molar refractivity (Wildman–Crippen MR) is 65.5 cm³/mol. The van der Waals surface area contributed by atoms with E-state index < -0.39 is 0 Å². The number of pyridine rings is 1. The van der Waals surface area contributed by atoms with Crippen molar-refractivity contribution in [2.75, 3.05) is 0 Å². The Balaban J connectivity index is 2.28. The second-order valence-electron chi connectivity index (χ2n) is 3.54. The average molecular weight is 231 g/mol. The number of hydrogen-bond acceptors (Lipinski definition) is 3. The molecule has 1 aromatic heterocycles. The van der Waals surface area contributed by atoms with Crippen LogP contribution in [0.1, 0.15) is 11.1 Å². The Hall–Kier alpha value is -1.32. The Morgan fingerprint density at radius 1 is 1.25 bits per heavy atom. The molecular formula is C13H13NOS. The van der Waals surface area contributed by atoms with Crippen LogP contribution in [0.4, 0.5) is 0 Å². The molecule has 1 aromatic carbocycles. The standard InChI is InChI=1S/C13H13NOS/c1-10-5-6-12(11(8-10)9-15)16-13-4-2-3-7-14-13/h2-8,15H,9H2,1H3. The number of benzene rings is 1. The fourth-order valence-electron chi connectivity index (χ4n) is 1.45. The normalized spacial score (nSPS) is 10.4. The molecule has 0 atom stereocenters. The monoisotopic (exact) mass is 231 g/mol. The number of aliphatic hydroxyl groups is 1. The summed E-state index contributed by atoms with van der Waals surface area (Å²) < 4.78 is 0. The molecule has 0 saturated carbocycles. The van der Waals surface area contributed by atoms with Gasteiger partial charge in [0.25, 0.3) is 0 Å². The zero-order valence-corrected chi connectivity index (χ0v) is 9.87. The minimum absolute atomic E-state index is 0.0663. The highest BCUT2D eigenvalue weighted by Gasteiger charge is 2.04. The van der Waals surface area contributed by atoms with Crippen LogP contribution in [0.2, 0.25) is 0 Å². The summed E-state index contributed by atoms with van der Waals surface area (Å²) in [6, 6.07) is 11.9. The largest absolute Gasteiger partial charge is 0.392 e. The molecule has 2 aromatic rings. The summed E-state index contributed by atoms with van der Waals surface area (Å²) in [6.07, 6.45) is 1.77. The molecule has 0 aliphatic heterocycles. The van der Waals surface area contributed by atoms with E-state index in [1.807, 2.05) is 43.3 Å². The van der Waals surface area contributed by atoms with Crippen LogP contribution in [0.5, 0.6) is 0 Å². The number of aliphatic hydroxyl groups excluding tert-OH is 1. The van der Waals surface area contributed by atoms with E-state index in [4.69, 9.17) is 0 Å². The lowest BCUT2D eigenvalue weighted by Gasteiger charge is -2.07. The van der Waals surface area contributed by atoms with Crippen molar-refractivity contribution in [2.24, 2.45) is 0 Å². The maximum absolute atomic E-state index is 9.29. The number of hydrogen-bond donors (Lipinski definition) is 1. The molecule has 0 saturated heterocycles. The van der Waals surface area contributed by atoms with E-state index in [-0.39, 0.29) is 6.61 Å². The molecule has 0 amide bonds. The van der Waals surface area contributed by atoms with Crippen molar-refractivity contribution < 1.29 is 5.11 Å². The highest BCUT2D eigenvalue weighted by atomic mass is 32.2. The maximum Gasteiger partial charge on any atom is 0.101 e. The number of aryl methyl sites for hydroxylation is 1. The van der Waals surface area contributed by atoms with Gasteiger partial charge in [0.2, 0.25) is 0 Å². The van der Waals surface area contributed by atoms with E-state index in [1.165, 1.54) is 0 Å². The van der Waals surface area contributed by atoms with Gasteiger partial charge in [0.05, 0.1) is 6.61 Å². The Morgan fingerprint density at radius 3 is 2.81 bits per heavy atom. The highest BCUT2D eigenvalue weighted by molar-refractivity contribution is 7.99. The molecule has 0 radical (unpaired) electrons. The SMILES string of the molecule is Cc1ccc(Sc2ccccn2)c(CO)c1. The Labute approximate surface area is 99.4 Å². The maximum atomic E-state index is 9.29. The van der Waals surface area contributed by atoms with E-state index >= 15 is 0 Å². The molecule has 1 N–H and O–H groups in total. The van der Waals surface area contributed by atoms with Crippen LogP contribution in [0, 0.1) is 6.92 Å². The van der Waals surface area contributed by atoms with Crippen molar-refractivity contribution in [3.8, 4) is 0 Å². The van der Waals surface area contributed by atoms with Crippen LogP contribution >= 0.6 is 11.8 Å². The van der Waals surface area contributed by atoms with Gasteiger partial charge in [-0.25, -0.2) is 4.98 Å². The van der Waals surface area contributed by atoms with Crippen LogP contribution in [0.25, 0.3) is 0 Å². The second kappa shape index (κ2) is 5.14. The predicted octanol–water partition coefficient (Wildman–Crippen LogP) is 3.03. The van der Waals surface area contributed by atoms with Gasteiger partial charge in [-0.05, 0) is 30.7 Å². The molecule has 0 spiro atoms. The van der Waals surface area contributed by atoms with E-state index in [0.717, 1.165) is 21.0 Å². The zero-order chi connectivity index (χ0) is 11.4. The first-order chi connectivity index (χ1) is 7.79. The van der Waals surface area contributed by atoms with E-state index in [2.05, 4.69) is 4.98 Å². The van der Waals surface area contributed by atoms with Gasteiger partial charge in [-0.15, -0.1) is 0 Å². The lowest BCUT2D eigenvalue weighted by Crippen LogP contribution is -1.89. The minimum Gasteiger partial charge on any atom is -0.392 e. The van der Waals surface area contributed by atoms with Gasteiger partial charge in [0.1, 0.15) is 5.03 Å². The van der Waals surface area contributed by atoms with Gasteiger partial charge in [-0.3, -0.25) is 0 Å². The van der Waals surface area contributed by atoms with Crippen molar-refractivity contribution in [3.63, 3.8) is 0 Å². The van der Waals surface area contributed by atoms with E-state index in [9.17, 15) is 5.11 Å². The van der Waals surface area contributed by atoms with Crippen LogP contribution in [-0.4, -0.2) is 10.1 Å². The molecule has 82 valence electrons. The van der Waals surface area contributed by atoms with Crippen LogP contribution in [0.15, 0.2) is 52.5 Å². The van der Waals surface area contributed by atoms with Crippen LogP contribution in [-0.2, 0) is 6.61 Å². The lowest BCUT2D eigenvalue weighted by molar-refractivity contribution is 0.279. The molecule has 2 rings (SSSR count). The van der Waals surface area contributed by atoms with Gasteiger partial charge < -0.3 is 5.11 Å². The highest BCUT2D eigenvalue weighted by Crippen LogP contribution is 2.29. The van der Waals surface area contributed by atoms with E-state index in [1.54, 1.807) is 18.0 Å². The minimum atomic E-state index is 0.0663. The molecule has 0 bridgehead atoms. The third kappa shape index (κ3) is 2.62. The summed E-state index contributed by atoms with van der Waals surface area (Å²) in [5.41, 5.74) is 2.12. The third-order valence-corrected chi connectivity index (χ3v) is 3.31. The van der Waals surface area contributed by atoms with Crippen molar-refractivity contribution in [2.45, 2.75) is 23.5 Å². The lowest BCUT2D eigenvalue weighted by atomic mass is 10.1. The van der Waals surface area contributed by atoms with Crippen molar-refractivity contribution in [1.29, 1.82) is 0 Å². The first-order valence-electron chi connectivity index (χ1n) is 5.09. The van der Waals surface area contributed by atoms with Crippen molar-refractivity contribution in [1.82, 2.24) is 4.98 Å². The second-order valence-corrected chi connectivity index (χ2v) is 4.60. The molecule has 0 fully saturated rings. The Morgan fingerprint density at radius 2 is 2.12 bits per heavy atom. The summed E-state index contributed by atoms with van der Waals surface area (Å²) in [5.74, 6) is 0. The van der Waals surface area contributed by atoms with Crippen LogP contribution < -0.4 is 0 Å². The number of rotatable bonds is 3. The first kappa shape index (κ1) is 11.2. The molecule has 2 nitrogen and oxygen atoms in total. The molecule has 16 heavy (non-hydrogen) atoms. The Bertz CT molecular complexity index is 471.